The molecule has 1 rings (SSSR count). The Labute approximate surface area is 139 Å². The highest BCUT2D eigenvalue weighted by Crippen LogP contribution is 2.26. The van der Waals surface area contributed by atoms with E-state index in [4.69, 9.17) is 0 Å². The van der Waals surface area contributed by atoms with Gasteiger partial charge in [0.05, 0.1) is 19.3 Å². The van der Waals surface area contributed by atoms with Crippen molar-refractivity contribution in [3.63, 3.8) is 0 Å². The summed E-state index contributed by atoms with van der Waals surface area (Å²) in [6.45, 7) is 0. The first-order chi connectivity index (χ1) is 11.1. The molecule has 130 valence electrons. The summed E-state index contributed by atoms with van der Waals surface area (Å²) in [5.41, 5.74) is 0. The van der Waals surface area contributed by atoms with Crippen molar-refractivity contribution in [3.8, 4) is 0 Å². The molecule has 4 nitrogen and oxygen atoms in total. The lowest BCUT2D eigenvalue weighted by molar-refractivity contribution is -0.140. The fraction of sp³-hybridized carbons (Fsp3) is 0.632. The van der Waals surface area contributed by atoms with Crippen molar-refractivity contribution < 1.29 is 19.7 Å². The molecule has 0 radical (unpaired) electrons. The van der Waals surface area contributed by atoms with Crippen LogP contribution in [0.15, 0.2) is 36.5 Å². The third kappa shape index (κ3) is 9.36. The van der Waals surface area contributed by atoms with Gasteiger partial charge in [-0.25, -0.2) is 0 Å². The van der Waals surface area contributed by atoms with E-state index in [1.807, 2.05) is 24.3 Å². The molecule has 0 aromatic heterocycles. The van der Waals surface area contributed by atoms with Gasteiger partial charge in [0.1, 0.15) is 0 Å². The minimum absolute atomic E-state index is 0.247. The number of esters is 1. The van der Waals surface area contributed by atoms with E-state index in [9.17, 15) is 15.0 Å². The van der Waals surface area contributed by atoms with E-state index in [2.05, 4.69) is 4.74 Å². The molecule has 2 atom stereocenters. The van der Waals surface area contributed by atoms with Crippen LogP contribution in [0.3, 0.4) is 0 Å². The molecule has 0 amide bonds. The first-order valence-electron chi connectivity index (χ1n) is 8.58. The highest BCUT2D eigenvalue weighted by Gasteiger charge is 2.18. The molecule has 0 bridgehead atoms. The van der Waals surface area contributed by atoms with E-state index < -0.39 is 6.10 Å². The van der Waals surface area contributed by atoms with E-state index in [-0.39, 0.29) is 12.1 Å². The van der Waals surface area contributed by atoms with Crippen molar-refractivity contribution in [1.82, 2.24) is 0 Å². The zero-order valence-electron chi connectivity index (χ0n) is 14.1. The van der Waals surface area contributed by atoms with Crippen LogP contribution in [0.2, 0.25) is 0 Å². The monoisotopic (exact) mass is 322 g/mol. The second-order valence-corrected chi connectivity index (χ2v) is 6.08. The second-order valence-electron chi connectivity index (χ2n) is 6.08. The van der Waals surface area contributed by atoms with Crippen LogP contribution in [-0.2, 0) is 9.53 Å². The summed E-state index contributed by atoms with van der Waals surface area (Å²) in [6.07, 6.45) is 17.4. The van der Waals surface area contributed by atoms with Gasteiger partial charge in [-0.1, -0.05) is 55.7 Å². The van der Waals surface area contributed by atoms with Crippen molar-refractivity contribution in [1.29, 1.82) is 0 Å². The highest BCUT2D eigenvalue weighted by atomic mass is 16.5. The summed E-state index contributed by atoms with van der Waals surface area (Å²) < 4.78 is 4.54. The highest BCUT2D eigenvalue weighted by molar-refractivity contribution is 5.68. The summed E-state index contributed by atoms with van der Waals surface area (Å²) in [6, 6.07) is 0. The maximum absolute atomic E-state index is 10.9. The van der Waals surface area contributed by atoms with Crippen LogP contribution in [0, 0.1) is 5.92 Å². The van der Waals surface area contributed by atoms with Gasteiger partial charge in [-0.2, -0.15) is 0 Å². The van der Waals surface area contributed by atoms with Gasteiger partial charge in [-0.05, 0) is 31.6 Å². The predicted octanol–water partition coefficient (Wildman–Crippen LogP) is 3.30. The first-order valence-corrected chi connectivity index (χ1v) is 8.58. The summed E-state index contributed by atoms with van der Waals surface area (Å²) in [4.78, 5) is 10.9. The molecule has 1 aliphatic rings. The second kappa shape index (κ2) is 12.1. The van der Waals surface area contributed by atoms with Crippen LogP contribution in [0.1, 0.15) is 51.4 Å². The number of hydrogen-bond donors (Lipinski definition) is 2. The maximum atomic E-state index is 10.9. The smallest absolute Gasteiger partial charge is 0.305 e. The van der Waals surface area contributed by atoms with Crippen LogP contribution in [0.5, 0.6) is 0 Å². The minimum Gasteiger partial charge on any atom is -0.469 e. The maximum Gasteiger partial charge on any atom is 0.305 e. The molecule has 1 aliphatic carbocycles. The van der Waals surface area contributed by atoms with Crippen LogP contribution >= 0.6 is 0 Å². The van der Waals surface area contributed by atoms with Crippen LogP contribution in [0.4, 0.5) is 0 Å². The normalized spacial score (nSPS) is 19.6. The van der Waals surface area contributed by atoms with Gasteiger partial charge in [0.15, 0.2) is 0 Å². The minimum atomic E-state index is -0.555. The standard InChI is InChI=1S/C19H30O4/c1-23-19(22)15-9-13-17(20)12-7-2-3-8-14-18(21)16-10-5-4-6-11-16/h2-3,7-8,12,14,16-18,20-21H,4-6,9-11,13,15H2,1H3/b3-2-,12-7+,14-8+. The number of hydrogen-bond acceptors (Lipinski definition) is 4. The fourth-order valence-electron chi connectivity index (χ4n) is 2.79. The largest absolute Gasteiger partial charge is 0.469 e. The Morgan fingerprint density at radius 2 is 1.74 bits per heavy atom. The predicted molar refractivity (Wildman–Crippen MR) is 91.9 cm³/mol. The Morgan fingerprint density at radius 1 is 1.09 bits per heavy atom. The number of aliphatic hydroxyl groups excluding tert-OH is 2. The van der Waals surface area contributed by atoms with Gasteiger partial charge < -0.3 is 14.9 Å². The summed E-state index contributed by atoms with van der Waals surface area (Å²) >= 11 is 0. The summed E-state index contributed by atoms with van der Waals surface area (Å²) in [5, 5.41) is 19.8. The number of carbonyl (C=O) groups excluding carboxylic acids is 1. The van der Waals surface area contributed by atoms with Crippen LogP contribution in [0.25, 0.3) is 0 Å². The lowest BCUT2D eigenvalue weighted by Gasteiger charge is -2.24. The molecule has 1 saturated carbocycles. The summed E-state index contributed by atoms with van der Waals surface area (Å²) in [7, 11) is 1.36. The van der Waals surface area contributed by atoms with Crippen molar-refractivity contribution in [3.05, 3.63) is 36.5 Å². The summed E-state index contributed by atoms with van der Waals surface area (Å²) in [5.74, 6) is 0.156. The Hall–Kier alpha value is -1.39. The lowest BCUT2D eigenvalue weighted by atomic mass is 9.85. The molecule has 1 fully saturated rings. The van der Waals surface area contributed by atoms with E-state index in [0.29, 0.717) is 25.2 Å². The van der Waals surface area contributed by atoms with Gasteiger partial charge in [0, 0.05) is 6.42 Å². The number of allylic oxidation sites excluding steroid dienone is 4. The molecule has 4 heteroatoms. The van der Waals surface area contributed by atoms with Gasteiger partial charge in [0.25, 0.3) is 0 Å². The van der Waals surface area contributed by atoms with E-state index in [1.165, 1.54) is 26.4 Å². The molecule has 0 spiro atoms. The average Bonchev–Trinajstić information content (AvgIpc) is 2.58. The fourth-order valence-corrected chi connectivity index (χ4v) is 2.79. The molecule has 0 heterocycles. The van der Waals surface area contributed by atoms with Crippen molar-refractivity contribution >= 4 is 5.97 Å². The third-order valence-corrected chi connectivity index (χ3v) is 4.22. The van der Waals surface area contributed by atoms with Gasteiger partial charge in [-0.15, -0.1) is 0 Å². The van der Waals surface area contributed by atoms with Crippen molar-refractivity contribution in [2.45, 2.75) is 63.6 Å². The molecule has 0 saturated heterocycles. The van der Waals surface area contributed by atoms with Gasteiger partial charge in [0.2, 0.25) is 0 Å². The Morgan fingerprint density at radius 3 is 2.39 bits per heavy atom. The number of methoxy groups -OCH3 is 1. The van der Waals surface area contributed by atoms with Gasteiger partial charge >= 0.3 is 5.97 Å². The number of carbonyl (C=O) groups is 1. The first kappa shape index (κ1) is 19.7. The molecule has 0 aromatic rings. The number of rotatable bonds is 9. The molecule has 0 aromatic carbocycles. The van der Waals surface area contributed by atoms with Crippen LogP contribution in [-0.4, -0.2) is 35.5 Å². The van der Waals surface area contributed by atoms with E-state index in [1.54, 1.807) is 12.2 Å². The van der Waals surface area contributed by atoms with Gasteiger partial charge in [-0.3, -0.25) is 4.79 Å². The number of ether oxygens (including phenoxy) is 1. The lowest BCUT2D eigenvalue weighted by Crippen LogP contribution is -2.20. The SMILES string of the molecule is COC(=O)CCCC(O)/C=C/C=C\C=C\C(O)C1CCCCC1. The Kier molecular flexibility index (Phi) is 10.3. The van der Waals surface area contributed by atoms with Crippen LogP contribution < -0.4 is 0 Å². The average molecular weight is 322 g/mol. The van der Waals surface area contributed by atoms with Crippen molar-refractivity contribution in [2.75, 3.05) is 7.11 Å². The molecular formula is C19H30O4. The number of aliphatic hydroxyl groups is 2. The van der Waals surface area contributed by atoms with Crippen molar-refractivity contribution in [2.24, 2.45) is 5.92 Å². The van der Waals surface area contributed by atoms with E-state index in [0.717, 1.165) is 12.8 Å². The van der Waals surface area contributed by atoms with E-state index >= 15 is 0 Å². The Bertz CT molecular complexity index is 406. The molecule has 23 heavy (non-hydrogen) atoms. The zero-order valence-corrected chi connectivity index (χ0v) is 14.1. The Balaban J connectivity index is 2.18. The molecule has 0 aliphatic heterocycles. The quantitative estimate of drug-likeness (QED) is 0.505. The zero-order chi connectivity index (χ0) is 16.9. The molecule has 2 N–H and O–H groups in total. The third-order valence-electron chi connectivity index (χ3n) is 4.22. The molecule has 2 unspecified atom stereocenters. The topological polar surface area (TPSA) is 66.8 Å². The molecular weight excluding hydrogens is 292 g/mol.